The standard InChI is InChI=1S/C19H28N4O4/c1-19(2,3)27-18(26)21-11-6-16(24)22-15-7-12-23(13-8-15)17(25)14-4-9-20-10-5-14/h4-5,9-10,15H,6-8,11-13H2,1-3H3,(H,21,26)(H,22,24). The Morgan fingerprint density at radius 2 is 1.81 bits per heavy atom. The number of likely N-dealkylation sites (tertiary alicyclic amines) is 1. The molecule has 2 N–H and O–H groups in total. The summed E-state index contributed by atoms with van der Waals surface area (Å²) in [6, 6.07) is 3.45. The van der Waals surface area contributed by atoms with Crippen molar-refractivity contribution in [1.29, 1.82) is 0 Å². The van der Waals surface area contributed by atoms with Gasteiger partial charge in [0.2, 0.25) is 5.91 Å². The SMILES string of the molecule is CC(C)(C)OC(=O)NCCC(=O)NC1CCN(C(=O)c2ccncc2)CC1. The van der Waals surface area contributed by atoms with E-state index < -0.39 is 11.7 Å². The first-order chi connectivity index (χ1) is 12.7. The summed E-state index contributed by atoms with van der Waals surface area (Å²) in [5.41, 5.74) is 0.0642. The molecule has 0 saturated carbocycles. The first-order valence-corrected chi connectivity index (χ1v) is 9.20. The van der Waals surface area contributed by atoms with E-state index >= 15 is 0 Å². The molecule has 8 nitrogen and oxygen atoms in total. The van der Waals surface area contributed by atoms with Crippen molar-refractivity contribution in [3.63, 3.8) is 0 Å². The smallest absolute Gasteiger partial charge is 0.407 e. The van der Waals surface area contributed by atoms with Gasteiger partial charge in [0.05, 0.1) is 0 Å². The van der Waals surface area contributed by atoms with Crippen molar-refractivity contribution in [3.05, 3.63) is 30.1 Å². The van der Waals surface area contributed by atoms with Crippen molar-refractivity contribution in [2.75, 3.05) is 19.6 Å². The number of aromatic nitrogens is 1. The van der Waals surface area contributed by atoms with Gasteiger partial charge in [0.25, 0.3) is 5.91 Å². The van der Waals surface area contributed by atoms with E-state index in [0.29, 0.717) is 31.5 Å². The Kier molecular flexibility index (Phi) is 7.15. The molecule has 2 rings (SSSR count). The predicted molar refractivity (Wildman–Crippen MR) is 100 cm³/mol. The Labute approximate surface area is 159 Å². The molecule has 0 unspecified atom stereocenters. The maximum Gasteiger partial charge on any atom is 0.407 e. The quantitative estimate of drug-likeness (QED) is 0.815. The summed E-state index contributed by atoms with van der Waals surface area (Å²) in [6.07, 6.45) is 4.29. The van der Waals surface area contributed by atoms with Crippen LogP contribution in [0.4, 0.5) is 4.79 Å². The zero-order chi connectivity index (χ0) is 19.9. The van der Waals surface area contributed by atoms with Crippen molar-refractivity contribution in [3.8, 4) is 0 Å². The molecule has 148 valence electrons. The van der Waals surface area contributed by atoms with E-state index in [9.17, 15) is 14.4 Å². The van der Waals surface area contributed by atoms with E-state index in [1.807, 2.05) is 0 Å². The number of piperidine rings is 1. The van der Waals surface area contributed by atoms with Crippen LogP contribution in [-0.2, 0) is 9.53 Å². The molecule has 0 bridgehead atoms. The van der Waals surface area contributed by atoms with Gasteiger partial charge in [-0.15, -0.1) is 0 Å². The molecule has 0 spiro atoms. The van der Waals surface area contributed by atoms with Crippen LogP contribution in [-0.4, -0.2) is 59.1 Å². The zero-order valence-corrected chi connectivity index (χ0v) is 16.2. The second-order valence-electron chi connectivity index (χ2n) is 7.55. The number of ether oxygens (including phenoxy) is 1. The average Bonchev–Trinajstić information content (AvgIpc) is 2.61. The molecule has 8 heteroatoms. The maximum atomic E-state index is 12.4. The molecule has 3 amide bonds. The van der Waals surface area contributed by atoms with Gasteiger partial charge in [0.1, 0.15) is 5.60 Å². The lowest BCUT2D eigenvalue weighted by Crippen LogP contribution is -2.47. The molecule has 27 heavy (non-hydrogen) atoms. The van der Waals surface area contributed by atoms with Gasteiger partial charge in [-0.3, -0.25) is 14.6 Å². The fourth-order valence-electron chi connectivity index (χ4n) is 2.80. The average molecular weight is 376 g/mol. The Morgan fingerprint density at radius 3 is 2.41 bits per heavy atom. The molecule has 1 aliphatic rings. The van der Waals surface area contributed by atoms with Crippen molar-refractivity contribution < 1.29 is 19.1 Å². The third kappa shape index (κ3) is 7.24. The minimum Gasteiger partial charge on any atom is -0.444 e. The number of amides is 3. The fraction of sp³-hybridized carbons (Fsp3) is 0.579. The van der Waals surface area contributed by atoms with Crippen LogP contribution in [0.15, 0.2) is 24.5 Å². The molecule has 1 fully saturated rings. The van der Waals surface area contributed by atoms with Crippen LogP contribution in [0, 0.1) is 0 Å². The van der Waals surface area contributed by atoms with Crippen molar-refractivity contribution in [2.24, 2.45) is 0 Å². The number of rotatable bonds is 5. The van der Waals surface area contributed by atoms with Gasteiger partial charge >= 0.3 is 6.09 Å². The van der Waals surface area contributed by atoms with Gasteiger partial charge < -0.3 is 20.3 Å². The normalized spacial score (nSPS) is 15.1. The highest BCUT2D eigenvalue weighted by Gasteiger charge is 2.24. The van der Waals surface area contributed by atoms with Crippen LogP contribution in [0.2, 0.25) is 0 Å². The van der Waals surface area contributed by atoms with Crippen LogP contribution in [0.25, 0.3) is 0 Å². The van der Waals surface area contributed by atoms with E-state index in [1.54, 1.807) is 50.2 Å². The Bertz CT molecular complexity index is 649. The Morgan fingerprint density at radius 1 is 1.19 bits per heavy atom. The van der Waals surface area contributed by atoms with E-state index in [4.69, 9.17) is 4.74 Å². The van der Waals surface area contributed by atoms with Crippen LogP contribution in [0.5, 0.6) is 0 Å². The Balaban J connectivity index is 1.66. The van der Waals surface area contributed by atoms with Gasteiger partial charge in [-0.05, 0) is 45.7 Å². The van der Waals surface area contributed by atoms with Crippen molar-refractivity contribution in [2.45, 2.75) is 51.7 Å². The number of alkyl carbamates (subject to hydrolysis) is 1. The van der Waals surface area contributed by atoms with Gasteiger partial charge in [-0.1, -0.05) is 0 Å². The molecule has 0 radical (unpaired) electrons. The highest BCUT2D eigenvalue weighted by Crippen LogP contribution is 2.14. The van der Waals surface area contributed by atoms with E-state index in [-0.39, 0.29) is 30.8 Å². The monoisotopic (exact) mass is 376 g/mol. The van der Waals surface area contributed by atoms with E-state index in [2.05, 4.69) is 15.6 Å². The minimum absolute atomic E-state index is 0.0104. The van der Waals surface area contributed by atoms with E-state index in [1.165, 1.54) is 0 Å². The molecule has 0 aliphatic carbocycles. The lowest BCUT2D eigenvalue weighted by atomic mass is 10.0. The zero-order valence-electron chi connectivity index (χ0n) is 16.2. The molecule has 1 aromatic heterocycles. The molecule has 1 aromatic rings. The van der Waals surface area contributed by atoms with Gasteiger partial charge in [-0.2, -0.15) is 0 Å². The molecular weight excluding hydrogens is 348 g/mol. The van der Waals surface area contributed by atoms with Crippen LogP contribution < -0.4 is 10.6 Å². The van der Waals surface area contributed by atoms with Crippen LogP contribution in [0.1, 0.15) is 50.4 Å². The number of carbonyl (C=O) groups excluding carboxylic acids is 3. The fourth-order valence-corrected chi connectivity index (χ4v) is 2.80. The summed E-state index contributed by atoms with van der Waals surface area (Å²) in [5, 5.41) is 5.53. The highest BCUT2D eigenvalue weighted by atomic mass is 16.6. The second-order valence-corrected chi connectivity index (χ2v) is 7.55. The topological polar surface area (TPSA) is 101 Å². The number of hydrogen-bond acceptors (Lipinski definition) is 5. The Hall–Kier alpha value is -2.64. The minimum atomic E-state index is -0.561. The van der Waals surface area contributed by atoms with Crippen LogP contribution >= 0.6 is 0 Å². The first kappa shape index (κ1) is 20.7. The van der Waals surface area contributed by atoms with Crippen molar-refractivity contribution in [1.82, 2.24) is 20.5 Å². The molecule has 0 aromatic carbocycles. The molecule has 1 aliphatic heterocycles. The molecule has 1 saturated heterocycles. The number of carbonyl (C=O) groups is 3. The summed E-state index contributed by atoms with van der Waals surface area (Å²) >= 11 is 0. The lowest BCUT2D eigenvalue weighted by molar-refractivity contribution is -0.121. The summed E-state index contributed by atoms with van der Waals surface area (Å²) in [4.78, 5) is 41.7. The first-order valence-electron chi connectivity index (χ1n) is 9.20. The van der Waals surface area contributed by atoms with E-state index in [0.717, 1.165) is 0 Å². The summed E-state index contributed by atoms with van der Waals surface area (Å²) < 4.78 is 5.12. The van der Waals surface area contributed by atoms with Gasteiger partial charge in [0, 0.05) is 50.1 Å². The molecular formula is C19H28N4O4. The number of hydrogen-bond donors (Lipinski definition) is 2. The maximum absolute atomic E-state index is 12.4. The van der Waals surface area contributed by atoms with Crippen LogP contribution in [0.3, 0.4) is 0 Å². The summed E-state index contributed by atoms with van der Waals surface area (Å²) in [7, 11) is 0. The highest BCUT2D eigenvalue weighted by molar-refractivity contribution is 5.94. The molecule has 0 atom stereocenters. The van der Waals surface area contributed by atoms with Gasteiger partial charge in [0.15, 0.2) is 0 Å². The van der Waals surface area contributed by atoms with Gasteiger partial charge in [-0.25, -0.2) is 4.79 Å². The summed E-state index contributed by atoms with van der Waals surface area (Å²) in [6.45, 7) is 6.77. The molecule has 2 heterocycles. The van der Waals surface area contributed by atoms with Crippen molar-refractivity contribution >= 4 is 17.9 Å². The number of nitrogens with one attached hydrogen (secondary N) is 2. The summed E-state index contributed by atoms with van der Waals surface area (Å²) in [5.74, 6) is -0.131. The lowest BCUT2D eigenvalue weighted by Gasteiger charge is -2.32. The number of pyridine rings is 1. The number of nitrogens with zero attached hydrogens (tertiary/aromatic N) is 2. The predicted octanol–water partition coefficient (Wildman–Crippen LogP) is 1.72. The largest absolute Gasteiger partial charge is 0.444 e. The third-order valence-electron chi connectivity index (χ3n) is 4.09. The second kappa shape index (κ2) is 9.34. The third-order valence-corrected chi connectivity index (χ3v) is 4.09.